The summed E-state index contributed by atoms with van der Waals surface area (Å²) in [6, 6.07) is 5.38. The molecule has 0 unspecified atom stereocenters. The summed E-state index contributed by atoms with van der Waals surface area (Å²) in [4.78, 5) is 40.7. The molecule has 2 amide bonds. The Morgan fingerprint density at radius 1 is 1.34 bits per heavy atom. The van der Waals surface area contributed by atoms with E-state index in [1.807, 2.05) is 6.07 Å². The number of anilines is 1. The van der Waals surface area contributed by atoms with Gasteiger partial charge in [-0.05, 0) is 32.0 Å². The van der Waals surface area contributed by atoms with Gasteiger partial charge in [0.1, 0.15) is 16.9 Å². The van der Waals surface area contributed by atoms with E-state index in [2.05, 4.69) is 10.3 Å². The number of esters is 1. The first-order chi connectivity index (χ1) is 13.8. The molecular weight excluding hydrogens is 438 g/mol. The first kappa shape index (κ1) is 21.2. The minimum atomic E-state index is -0.907. The maximum atomic E-state index is 12.3. The maximum Gasteiger partial charge on any atom is 0.342 e. The number of benzene rings is 1. The van der Waals surface area contributed by atoms with Crippen molar-refractivity contribution in [2.45, 2.75) is 18.2 Å². The summed E-state index contributed by atoms with van der Waals surface area (Å²) in [6.45, 7) is 3.23. The number of hydrogen-bond acceptors (Lipinski definition) is 8. The van der Waals surface area contributed by atoms with Crippen molar-refractivity contribution in [1.82, 2.24) is 4.98 Å². The fourth-order valence-corrected chi connectivity index (χ4v) is 4.56. The molecule has 11 heteroatoms. The van der Waals surface area contributed by atoms with Crippen LogP contribution in [0.2, 0.25) is 5.02 Å². The van der Waals surface area contributed by atoms with Gasteiger partial charge in [0, 0.05) is 5.02 Å². The monoisotopic (exact) mass is 453 g/mol. The smallest absolute Gasteiger partial charge is 0.342 e. The van der Waals surface area contributed by atoms with Crippen molar-refractivity contribution in [1.29, 1.82) is 0 Å². The van der Waals surface area contributed by atoms with Gasteiger partial charge in [0.25, 0.3) is 5.91 Å². The normalized spacial score (nSPS) is 10.9. The van der Waals surface area contributed by atoms with Gasteiger partial charge in [-0.2, -0.15) is 0 Å². The zero-order valence-electron chi connectivity index (χ0n) is 15.4. The maximum absolute atomic E-state index is 12.3. The minimum Gasteiger partial charge on any atom is -0.462 e. The molecule has 0 aliphatic heterocycles. The van der Waals surface area contributed by atoms with Gasteiger partial charge in [-0.1, -0.05) is 23.4 Å². The Hall–Kier alpha value is -2.56. The molecule has 1 aromatic carbocycles. The Bertz CT molecular complexity index is 1110. The quantitative estimate of drug-likeness (QED) is 0.411. The summed E-state index contributed by atoms with van der Waals surface area (Å²) in [5.41, 5.74) is 5.82. The zero-order valence-corrected chi connectivity index (χ0v) is 17.8. The van der Waals surface area contributed by atoms with E-state index in [0.29, 0.717) is 9.36 Å². The molecule has 29 heavy (non-hydrogen) atoms. The number of carbonyl (C=O) groups excluding carboxylic acids is 3. The number of rotatable bonds is 7. The van der Waals surface area contributed by atoms with Gasteiger partial charge in [-0.15, -0.1) is 11.3 Å². The summed E-state index contributed by atoms with van der Waals surface area (Å²) >= 11 is 8.61. The minimum absolute atomic E-state index is 0.0141. The summed E-state index contributed by atoms with van der Waals surface area (Å²) < 4.78 is 12.0. The first-order valence-electron chi connectivity index (χ1n) is 8.39. The fraction of sp³-hybridized carbons (Fsp3) is 0.222. The SMILES string of the molecule is CCOC(=O)c1c(C)oc(NC(=O)CSc2nc3cc(Cl)ccc3s2)c1C(N)=O. The van der Waals surface area contributed by atoms with Gasteiger partial charge >= 0.3 is 5.97 Å². The number of amides is 2. The molecule has 0 saturated carbocycles. The van der Waals surface area contributed by atoms with E-state index in [0.717, 1.165) is 10.2 Å². The number of fused-ring (bicyclic) bond motifs is 1. The third-order valence-electron chi connectivity index (χ3n) is 3.72. The van der Waals surface area contributed by atoms with Crippen LogP contribution in [-0.4, -0.2) is 35.1 Å². The molecule has 0 aliphatic carbocycles. The van der Waals surface area contributed by atoms with Crippen LogP contribution in [0, 0.1) is 6.92 Å². The standard InChI is InChI=1S/C18H16ClN3O5S2/c1-3-26-17(25)13-8(2)27-16(14(13)15(20)24)22-12(23)7-28-18-21-10-6-9(19)4-5-11(10)29-18/h4-6H,3,7H2,1-2H3,(H2,20,24)(H,22,23). The third-order valence-corrected chi connectivity index (χ3v) is 6.13. The Balaban J connectivity index is 1.73. The van der Waals surface area contributed by atoms with Crippen molar-refractivity contribution in [3.8, 4) is 0 Å². The van der Waals surface area contributed by atoms with E-state index in [-0.39, 0.29) is 35.1 Å². The average Bonchev–Trinajstić information content (AvgIpc) is 3.19. The molecule has 0 spiro atoms. The number of hydrogen-bond donors (Lipinski definition) is 2. The second-order valence-electron chi connectivity index (χ2n) is 5.75. The Labute approximate surface area is 178 Å². The van der Waals surface area contributed by atoms with Crippen LogP contribution in [0.25, 0.3) is 10.2 Å². The number of carbonyl (C=O) groups is 3. The van der Waals surface area contributed by atoms with E-state index >= 15 is 0 Å². The lowest BCUT2D eigenvalue weighted by molar-refractivity contribution is -0.113. The molecule has 2 aromatic heterocycles. The molecule has 0 fully saturated rings. The number of thiazole rings is 1. The van der Waals surface area contributed by atoms with Crippen molar-refractivity contribution in [3.63, 3.8) is 0 Å². The molecule has 8 nitrogen and oxygen atoms in total. The summed E-state index contributed by atoms with van der Waals surface area (Å²) in [5, 5.41) is 3.07. The molecule has 0 atom stereocenters. The zero-order chi connectivity index (χ0) is 21.1. The summed E-state index contributed by atoms with van der Waals surface area (Å²) in [6.07, 6.45) is 0. The van der Waals surface area contributed by atoms with Crippen molar-refractivity contribution in [2.75, 3.05) is 17.7 Å². The van der Waals surface area contributed by atoms with Crippen LogP contribution in [-0.2, 0) is 9.53 Å². The number of thioether (sulfide) groups is 1. The van der Waals surface area contributed by atoms with Crippen LogP contribution >= 0.6 is 34.7 Å². The van der Waals surface area contributed by atoms with Crippen LogP contribution in [0.4, 0.5) is 5.88 Å². The molecule has 3 aromatic rings. The lowest BCUT2D eigenvalue weighted by Crippen LogP contribution is -2.21. The predicted octanol–water partition coefficient (Wildman–Crippen LogP) is 3.86. The second kappa shape index (κ2) is 8.85. The van der Waals surface area contributed by atoms with Crippen LogP contribution < -0.4 is 11.1 Å². The number of furan rings is 1. The largest absolute Gasteiger partial charge is 0.462 e. The lowest BCUT2D eigenvalue weighted by Gasteiger charge is -2.04. The Morgan fingerprint density at radius 3 is 2.79 bits per heavy atom. The Kier molecular flexibility index (Phi) is 6.46. The third kappa shape index (κ3) is 4.72. The van der Waals surface area contributed by atoms with Gasteiger partial charge in [-0.3, -0.25) is 14.9 Å². The molecule has 0 bridgehead atoms. The number of ether oxygens (including phenoxy) is 1. The van der Waals surface area contributed by atoms with Gasteiger partial charge in [0.15, 0.2) is 4.34 Å². The highest BCUT2D eigenvalue weighted by molar-refractivity contribution is 8.01. The molecular formula is C18H16ClN3O5S2. The summed E-state index contributed by atoms with van der Waals surface area (Å²) in [5.74, 6) is -2.14. The van der Waals surface area contributed by atoms with Crippen molar-refractivity contribution >= 4 is 68.6 Å². The van der Waals surface area contributed by atoms with Gasteiger partial charge < -0.3 is 14.9 Å². The predicted molar refractivity (Wildman–Crippen MR) is 112 cm³/mol. The first-order valence-corrected chi connectivity index (χ1v) is 10.6. The average molecular weight is 454 g/mol. The van der Waals surface area contributed by atoms with Crippen LogP contribution in [0.5, 0.6) is 0 Å². The highest BCUT2D eigenvalue weighted by Gasteiger charge is 2.29. The number of primary amides is 1. The van der Waals surface area contributed by atoms with Gasteiger partial charge in [-0.25, -0.2) is 9.78 Å². The topological polar surface area (TPSA) is 125 Å². The van der Waals surface area contributed by atoms with Gasteiger partial charge in [0.05, 0.1) is 22.6 Å². The lowest BCUT2D eigenvalue weighted by atomic mass is 10.1. The molecule has 152 valence electrons. The fourth-order valence-electron chi connectivity index (χ4n) is 2.55. The van der Waals surface area contributed by atoms with E-state index in [4.69, 9.17) is 26.5 Å². The van der Waals surface area contributed by atoms with Crippen LogP contribution in [0.15, 0.2) is 27.0 Å². The van der Waals surface area contributed by atoms with Crippen LogP contribution in [0.3, 0.4) is 0 Å². The van der Waals surface area contributed by atoms with E-state index in [1.54, 1.807) is 19.1 Å². The number of nitrogens with one attached hydrogen (secondary N) is 1. The van der Waals surface area contributed by atoms with Gasteiger partial charge in [0.2, 0.25) is 11.8 Å². The number of aryl methyl sites for hydroxylation is 1. The highest BCUT2D eigenvalue weighted by Crippen LogP contribution is 2.32. The van der Waals surface area contributed by atoms with Crippen LogP contribution in [0.1, 0.15) is 33.4 Å². The van der Waals surface area contributed by atoms with Crippen molar-refractivity contribution in [2.24, 2.45) is 5.73 Å². The molecule has 3 rings (SSSR count). The number of nitrogens with zero attached hydrogens (tertiary/aromatic N) is 1. The highest BCUT2D eigenvalue weighted by atomic mass is 35.5. The van der Waals surface area contributed by atoms with E-state index in [1.165, 1.54) is 30.0 Å². The number of nitrogens with two attached hydrogens (primary N) is 1. The molecule has 3 N–H and O–H groups in total. The second-order valence-corrected chi connectivity index (χ2v) is 8.44. The summed E-state index contributed by atoms with van der Waals surface area (Å²) in [7, 11) is 0. The van der Waals surface area contributed by atoms with E-state index < -0.39 is 17.8 Å². The van der Waals surface area contributed by atoms with Crippen molar-refractivity contribution in [3.05, 3.63) is 40.1 Å². The Morgan fingerprint density at radius 2 is 2.10 bits per heavy atom. The number of aromatic nitrogens is 1. The molecule has 0 aliphatic rings. The molecule has 0 radical (unpaired) electrons. The molecule has 2 heterocycles. The number of halogens is 1. The van der Waals surface area contributed by atoms with Crippen molar-refractivity contribution < 1.29 is 23.5 Å². The van der Waals surface area contributed by atoms with E-state index in [9.17, 15) is 14.4 Å². The molecule has 0 saturated heterocycles.